The first-order valence-corrected chi connectivity index (χ1v) is 6.73. The molecule has 0 unspecified atom stereocenters. The summed E-state index contributed by atoms with van der Waals surface area (Å²) in [6.07, 6.45) is 2.86. The molecule has 1 amide bonds. The molecule has 1 heterocycles. The Labute approximate surface area is 121 Å². The minimum absolute atomic E-state index is 0.120. The number of methoxy groups -OCH3 is 1. The minimum Gasteiger partial charge on any atom is -0.496 e. The zero-order valence-electron chi connectivity index (χ0n) is 11.6. The Hall–Kier alpha value is -2.50. The van der Waals surface area contributed by atoms with Crippen molar-refractivity contribution >= 4 is 22.8 Å². The predicted octanol–water partition coefficient (Wildman–Crippen LogP) is 1.45. The number of H-pyrrole nitrogens is 1. The van der Waals surface area contributed by atoms with E-state index >= 15 is 0 Å². The molecule has 1 aliphatic rings. The molecule has 1 fully saturated rings. The van der Waals surface area contributed by atoms with E-state index in [4.69, 9.17) is 9.84 Å². The van der Waals surface area contributed by atoms with Crippen LogP contribution in [-0.4, -0.2) is 34.6 Å². The Balaban J connectivity index is 1.82. The third-order valence-corrected chi connectivity index (χ3v) is 3.86. The molecule has 1 aliphatic carbocycles. The Morgan fingerprint density at radius 1 is 1.43 bits per heavy atom. The van der Waals surface area contributed by atoms with Crippen LogP contribution in [0.25, 0.3) is 10.9 Å². The first kappa shape index (κ1) is 13.5. The fourth-order valence-corrected chi connectivity index (χ4v) is 2.53. The third kappa shape index (κ3) is 2.33. The molecule has 3 rings (SSSR count). The van der Waals surface area contributed by atoms with E-state index in [-0.39, 0.29) is 12.3 Å². The van der Waals surface area contributed by atoms with Crippen molar-refractivity contribution in [1.29, 1.82) is 0 Å². The summed E-state index contributed by atoms with van der Waals surface area (Å²) in [4.78, 5) is 26.3. The van der Waals surface area contributed by atoms with Gasteiger partial charge in [0.25, 0.3) is 0 Å². The highest BCUT2D eigenvalue weighted by Crippen LogP contribution is 2.36. The number of carbonyl (C=O) groups excluding carboxylic acids is 1. The average molecular weight is 288 g/mol. The fourth-order valence-electron chi connectivity index (χ4n) is 2.53. The third-order valence-electron chi connectivity index (χ3n) is 3.86. The van der Waals surface area contributed by atoms with Gasteiger partial charge in [0.15, 0.2) is 0 Å². The van der Waals surface area contributed by atoms with Crippen LogP contribution >= 0.6 is 0 Å². The number of hydrogen-bond acceptors (Lipinski definition) is 3. The van der Waals surface area contributed by atoms with Crippen LogP contribution in [0.4, 0.5) is 0 Å². The largest absolute Gasteiger partial charge is 0.496 e. The van der Waals surface area contributed by atoms with Crippen LogP contribution in [0.15, 0.2) is 24.4 Å². The number of amides is 1. The number of fused-ring (bicyclic) bond motifs is 1. The Morgan fingerprint density at radius 2 is 2.19 bits per heavy atom. The molecule has 21 heavy (non-hydrogen) atoms. The van der Waals surface area contributed by atoms with Crippen LogP contribution in [0.2, 0.25) is 0 Å². The molecule has 2 aromatic rings. The number of aromatic nitrogens is 1. The van der Waals surface area contributed by atoms with Crippen LogP contribution in [0.1, 0.15) is 18.4 Å². The van der Waals surface area contributed by atoms with Crippen molar-refractivity contribution in [3.63, 3.8) is 0 Å². The van der Waals surface area contributed by atoms with E-state index in [9.17, 15) is 9.59 Å². The van der Waals surface area contributed by atoms with E-state index in [0.717, 1.165) is 16.5 Å². The number of carbonyl (C=O) groups is 2. The van der Waals surface area contributed by atoms with E-state index in [0.29, 0.717) is 18.6 Å². The molecule has 0 radical (unpaired) electrons. The summed E-state index contributed by atoms with van der Waals surface area (Å²) < 4.78 is 5.31. The lowest BCUT2D eigenvalue weighted by molar-refractivity contribution is -0.143. The molecule has 0 atom stereocenters. The number of benzene rings is 1. The van der Waals surface area contributed by atoms with Gasteiger partial charge in [0, 0.05) is 17.1 Å². The monoisotopic (exact) mass is 288 g/mol. The van der Waals surface area contributed by atoms with E-state index in [1.54, 1.807) is 13.3 Å². The molecule has 1 aromatic carbocycles. The number of aliphatic carboxylic acids is 1. The molecular formula is C15H16N2O4. The van der Waals surface area contributed by atoms with Gasteiger partial charge in [-0.25, -0.2) is 4.79 Å². The Kier molecular flexibility index (Phi) is 3.08. The molecule has 0 bridgehead atoms. The second-order valence-electron chi connectivity index (χ2n) is 5.31. The lowest BCUT2D eigenvalue weighted by Gasteiger charge is -2.12. The zero-order valence-corrected chi connectivity index (χ0v) is 11.6. The number of ether oxygens (including phenoxy) is 1. The van der Waals surface area contributed by atoms with Gasteiger partial charge in [-0.05, 0) is 30.5 Å². The van der Waals surface area contributed by atoms with Crippen molar-refractivity contribution in [2.75, 3.05) is 7.11 Å². The molecule has 6 heteroatoms. The molecular weight excluding hydrogens is 272 g/mol. The fraction of sp³-hybridized carbons (Fsp3) is 0.333. The van der Waals surface area contributed by atoms with Gasteiger partial charge < -0.3 is 20.1 Å². The molecule has 0 saturated heterocycles. The van der Waals surface area contributed by atoms with E-state index < -0.39 is 11.5 Å². The average Bonchev–Trinajstić information content (AvgIpc) is 3.13. The summed E-state index contributed by atoms with van der Waals surface area (Å²) in [5.74, 6) is -0.565. The maximum atomic E-state index is 12.1. The van der Waals surface area contributed by atoms with Gasteiger partial charge in [-0.1, -0.05) is 6.07 Å². The van der Waals surface area contributed by atoms with Crippen molar-refractivity contribution in [1.82, 2.24) is 10.3 Å². The van der Waals surface area contributed by atoms with Crippen LogP contribution in [0.5, 0.6) is 5.75 Å². The van der Waals surface area contributed by atoms with Crippen molar-refractivity contribution in [2.24, 2.45) is 0 Å². The van der Waals surface area contributed by atoms with Crippen LogP contribution in [0.3, 0.4) is 0 Å². The first-order valence-electron chi connectivity index (χ1n) is 6.73. The van der Waals surface area contributed by atoms with E-state index in [1.807, 2.05) is 18.2 Å². The zero-order chi connectivity index (χ0) is 15.0. The van der Waals surface area contributed by atoms with Crippen LogP contribution < -0.4 is 10.1 Å². The molecule has 3 N–H and O–H groups in total. The van der Waals surface area contributed by atoms with E-state index in [2.05, 4.69) is 10.3 Å². The highest BCUT2D eigenvalue weighted by atomic mass is 16.5. The number of hydrogen-bond donors (Lipinski definition) is 3. The van der Waals surface area contributed by atoms with E-state index in [1.165, 1.54) is 0 Å². The van der Waals surface area contributed by atoms with Gasteiger partial charge in [0.05, 0.1) is 13.5 Å². The number of carboxylic acid groups (broad SMARTS) is 1. The highest BCUT2D eigenvalue weighted by molar-refractivity contribution is 5.95. The van der Waals surface area contributed by atoms with Crippen LogP contribution in [0, 0.1) is 0 Å². The molecule has 0 spiro atoms. The maximum absolute atomic E-state index is 12.1. The summed E-state index contributed by atoms with van der Waals surface area (Å²) in [5.41, 5.74) is 0.630. The van der Waals surface area contributed by atoms with Crippen molar-refractivity contribution in [3.8, 4) is 5.75 Å². The predicted molar refractivity (Wildman–Crippen MR) is 76.3 cm³/mol. The second kappa shape index (κ2) is 4.80. The standard InChI is InChI=1S/C15H16N2O4/c1-21-11-4-2-3-10-13(11)9(8-16-10)7-12(18)17-15(5-6-15)14(19)20/h2-4,8,16H,5-7H2,1H3,(H,17,18)(H,19,20). The SMILES string of the molecule is COc1cccc2[nH]cc(CC(=O)NC3(C(=O)O)CC3)c12. The summed E-state index contributed by atoms with van der Waals surface area (Å²) in [6.45, 7) is 0. The summed E-state index contributed by atoms with van der Waals surface area (Å²) in [6, 6.07) is 5.60. The van der Waals surface area contributed by atoms with Gasteiger partial charge in [-0.15, -0.1) is 0 Å². The first-order chi connectivity index (χ1) is 10.1. The van der Waals surface area contributed by atoms with Gasteiger partial charge in [0.2, 0.25) is 5.91 Å². The molecule has 1 aromatic heterocycles. The van der Waals surface area contributed by atoms with Crippen molar-refractivity contribution in [3.05, 3.63) is 30.0 Å². The summed E-state index contributed by atoms with van der Waals surface area (Å²) in [5, 5.41) is 12.6. The van der Waals surface area contributed by atoms with Crippen LogP contribution in [-0.2, 0) is 16.0 Å². The van der Waals surface area contributed by atoms with Crippen molar-refractivity contribution in [2.45, 2.75) is 24.8 Å². The molecule has 1 saturated carbocycles. The normalized spacial score (nSPS) is 15.7. The molecule has 6 nitrogen and oxygen atoms in total. The molecule has 0 aliphatic heterocycles. The second-order valence-corrected chi connectivity index (χ2v) is 5.31. The quantitative estimate of drug-likeness (QED) is 0.776. The summed E-state index contributed by atoms with van der Waals surface area (Å²) in [7, 11) is 1.58. The Bertz CT molecular complexity index is 716. The number of nitrogens with one attached hydrogen (secondary N) is 2. The number of aromatic amines is 1. The smallest absolute Gasteiger partial charge is 0.329 e. The summed E-state index contributed by atoms with van der Waals surface area (Å²) >= 11 is 0. The van der Waals surface area contributed by atoms with Gasteiger partial charge in [0.1, 0.15) is 11.3 Å². The maximum Gasteiger partial charge on any atom is 0.329 e. The lowest BCUT2D eigenvalue weighted by Crippen LogP contribution is -2.43. The topological polar surface area (TPSA) is 91.4 Å². The van der Waals surface area contributed by atoms with Gasteiger partial charge >= 0.3 is 5.97 Å². The van der Waals surface area contributed by atoms with Gasteiger partial charge in [-0.2, -0.15) is 0 Å². The number of rotatable bonds is 5. The Morgan fingerprint density at radius 3 is 2.81 bits per heavy atom. The lowest BCUT2D eigenvalue weighted by atomic mass is 10.1. The van der Waals surface area contributed by atoms with Crippen molar-refractivity contribution < 1.29 is 19.4 Å². The van der Waals surface area contributed by atoms with Gasteiger partial charge in [-0.3, -0.25) is 4.79 Å². The highest BCUT2D eigenvalue weighted by Gasteiger charge is 2.51. The minimum atomic E-state index is -1.05. The number of carboxylic acids is 1. The molecule has 110 valence electrons.